The van der Waals surface area contributed by atoms with Crippen molar-refractivity contribution in [3.8, 4) is 11.5 Å². The molecule has 0 heterocycles. The predicted molar refractivity (Wildman–Crippen MR) is 83.0 cm³/mol. The fraction of sp³-hybridized carbons (Fsp3) is 0.667. The van der Waals surface area contributed by atoms with Gasteiger partial charge in [0.2, 0.25) is 0 Å². The molecular formula is C18H26O3. The maximum Gasteiger partial charge on any atom is 0.161 e. The molecule has 0 spiro atoms. The van der Waals surface area contributed by atoms with Crippen LogP contribution in [0.3, 0.4) is 0 Å². The van der Waals surface area contributed by atoms with E-state index in [1.165, 1.54) is 31.2 Å². The molecule has 0 aromatic heterocycles. The first-order chi connectivity index (χ1) is 10.3. The molecule has 0 saturated heterocycles. The highest BCUT2D eigenvalue weighted by Crippen LogP contribution is 2.44. The fourth-order valence-electron chi connectivity index (χ4n) is 3.79. The lowest BCUT2D eigenvalue weighted by Crippen LogP contribution is -2.24. The Hall–Kier alpha value is -1.22. The average molecular weight is 290 g/mol. The van der Waals surface area contributed by atoms with E-state index < -0.39 is 0 Å². The van der Waals surface area contributed by atoms with Gasteiger partial charge < -0.3 is 14.2 Å². The van der Waals surface area contributed by atoms with E-state index in [1.807, 2.05) is 13.2 Å². The minimum atomic E-state index is -0.125. The molecule has 0 N–H and O–H groups in total. The second-order valence-electron chi connectivity index (χ2n) is 6.30. The highest BCUT2D eigenvalue weighted by molar-refractivity contribution is 5.45. The van der Waals surface area contributed by atoms with Gasteiger partial charge >= 0.3 is 0 Å². The summed E-state index contributed by atoms with van der Waals surface area (Å²) in [6.07, 6.45) is 9.86. The van der Waals surface area contributed by atoms with Crippen molar-refractivity contribution in [1.82, 2.24) is 0 Å². The number of benzene rings is 1. The first kappa shape index (κ1) is 14.7. The van der Waals surface area contributed by atoms with Crippen LogP contribution in [0.4, 0.5) is 0 Å². The van der Waals surface area contributed by atoms with Gasteiger partial charge in [0.15, 0.2) is 11.5 Å². The van der Waals surface area contributed by atoms with Gasteiger partial charge in [-0.05, 0) is 56.2 Å². The van der Waals surface area contributed by atoms with Crippen LogP contribution in [0, 0.1) is 0 Å². The predicted octanol–water partition coefficient (Wildman–Crippen LogP) is 4.43. The van der Waals surface area contributed by atoms with Crippen molar-refractivity contribution < 1.29 is 14.2 Å². The SMILES string of the molecule is COc1ccc(C2(OC)CCCC2)cc1OC1CCCC1. The number of hydrogen-bond donors (Lipinski definition) is 0. The van der Waals surface area contributed by atoms with Crippen molar-refractivity contribution in [3.63, 3.8) is 0 Å². The third kappa shape index (κ3) is 2.89. The molecule has 0 atom stereocenters. The lowest BCUT2D eigenvalue weighted by Gasteiger charge is -2.29. The number of rotatable bonds is 5. The molecule has 3 heteroatoms. The van der Waals surface area contributed by atoms with E-state index in [0.717, 1.165) is 37.2 Å². The van der Waals surface area contributed by atoms with E-state index in [-0.39, 0.29) is 5.60 Å². The summed E-state index contributed by atoms with van der Waals surface area (Å²) in [7, 11) is 3.53. The minimum Gasteiger partial charge on any atom is -0.493 e. The first-order valence-electron chi connectivity index (χ1n) is 8.18. The topological polar surface area (TPSA) is 27.7 Å². The highest BCUT2D eigenvalue weighted by atomic mass is 16.5. The first-order valence-corrected chi connectivity index (χ1v) is 8.18. The van der Waals surface area contributed by atoms with Crippen molar-refractivity contribution in [2.24, 2.45) is 0 Å². The molecule has 2 saturated carbocycles. The van der Waals surface area contributed by atoms with E-state index in [2.05, 4.69) is 12.1 Å². The fourth-order valence-corrected chi connectivity index (χ4v) is 3.79. The van der Waals surface area contributed by atoms with Crippen molar-refractivity contribution in [1.29, 1.82) is 0 Å². The van der Waals surface area contributed by atoms with Gasteiger partial charge in [0.25, 0.3) is 0 Å². The molecule has 1 aromatic rings. The molecule has 0 aliphatic heterocycles. The van der Waals surface area contributed by atoms with Crippen LogP contribution in [0.2, 0.25) is 0 Å². The van der Waals surface area contributed by atoms with Gasteiger partial charge in [-0.3, -0.25) is 0 Å². The summed E-state index contributed by atoms with van der Waals surface area (Å²) in [5.74, 6) is 1.71. The summed E-state index contributed by atoms with van der Waals surface area (Å²) in [6.45, 7) is 0. The number of methoxy groups -OCH3 is 2. The van der Waals surface area contributed by atoms with Crippen molar-refractivity contribution in [2.75, 3.05) is 14.2 Å². The Kier molecular flexibility index (Phi) is 4.39. The van der Waals surface area contributed by atoms with E-state index in [1.54, 1.807) is 7.11 Å². The second kappa shape index (κ2) is 6.27. The zero-order valence-electron chi connectivity index (χ0n) is 13.2. The molecule has 116 valence electrons. The van der Waals surface area contributed by atoms with Crippen LogP contribution in [0.15, 0.2) is 18.2 Å². The summed E-state index contributed by atoms with van der Waals surface area (Å²) in [5.41, 5.74) is 1.11. The largest absolute Gasteiger partial charge is 0.493 e. The maximum absolute atomic E-state index is 6.21. The van der Waals surface area contributed by atoms with Crippen molar-refractivity contribution in [2.45, 2.75) is 63.1 Å². The molecule has 3 nitrogen and oxygen atoms in total. The Balaban J connectivity index is 1.88. The number of hydrogen-bond acceptors (Lipinski definition) is 3. The molecule has 0 bridgehead atoms. The summed E-state index contributed by atoms with van der Waals surface area (Å²) >= 11 is 0. The summed E-state index contributed by atoms with van der Waals surface area (Å²) in [6, 6.07) is 6.31. The van der Waals surface area contributed by atoms with Crippen LogP contribution >= 0.6 is 0 Å². The quantitative estimate of drug-likeness (QED) is 0.802. The van der Waals surface area contributed by atoms with Crippen LogP contribution in [0.1, 0.15) is 56.9 Å². The molecule has 2 aliphatic rings. The van der Waals surface area contributed by atoms with E-state index in [4.69, 9.17) is 14.2 Å². The zero-order valence-corrected chi connectivity index (χ0v) is 13.2. The highest BCUT2D eigenvalue weighted by Gasteiger charge is 2.36. The molecular weight excluding hydrogens is 264 g/mol. The Morgan fingerprint density at radius 3 is 2.29 bits per heavy atom. The Morgan fingerprint density at radius 2 is 1.67 bits per heavy atom. The van der Waals surface area contributed by atoms with Crippen LogP contribution < -0.4 is 9.47 Å². The van der Waals surface area contributed by atoms with E-state index >= 15 is 0 Å². The van der Waals surface area contributed by atoms with E-state index in [0.29, 0.717) is 6.10 Å². The monoisotopic (exact) mass is 290 g/mol. The molecule has 2 aliphatic carbocycles. The van der Waals surface area contributed by atoms with Gasteiger partial charge in [-0.25, -0.2) is 0 Å². The van der Waals surface area contributed by atoms with Gasteiger partial charge in [0, 0.05) is 7.11 Å². The zero-order chi connectivity index (χ0) is 14.7. The lowest BCUT2D eigenvalue weighted by atomic mass is 9.91. The Labute approximate surface area is 127 Å². The van der Waals surface area contributed by atoms with Crippen LogP contribution in [0.5, 0.6) is 11.5 Å². The lowest BCUT2D eigenvalue weighted by molar-refractivity contribution is -0.00899. The molecule has 0 amide bonds. The minimum absolute atomic E-state index is 0.125. The summed E-state index contributed by atoms with van der Waals surface area (Å²) in [5, 5.41) is 0. The molecule has 2 fully saturated rings. The summed E-state index contributed by atoms with van der Waals surface area (Å²) in [4.78, 5) is 0. The molecule has 0 radical (unpaired) electrons. The number of ether oxygens (including phenoxy) is 3. The molecule has 21 heavy (non-hydrogen) atoms. The maximum atomic E-state index is 6.21. The third-order valence-electron chi connectivity index (χ3n) is 5.09. The second-order valence-corrected chi connectivity index (χ2v) is 6.30. The molecule has 3 rings (SSSR count). The van der Waals surface area contributed by atoms with Crippen LogP contribution in [-0.4, -0.2) is 20.3 Å². The third-order valence-corrected chi connectivity index (χ3v) is 5.09. The summed E-state index contributed by atoms with van der Waals surface area (Å²) < 4.78 is 17.6. The Bertz CT molecular complexity index is 471. The van der Waals surface area contributed by atoms with Gasteiger partial charge in [0.1, 0.15) is 0 Å². The average Bonchev–Trinajstić information content (AvgIpc) is 3.19. The Morgan fingerprint density at radius 1 is 0.952 bits per heavy atom. The van der Waals surface area contributed by atoms with Crippen LogP contribution in [-0.2, 0) is 10.3 Å². The molecule has 0 unspecified atom stereocenters. The van der Waals surface area contributed by atoms with Crippen molar-refractivity contribution >= 4 is 0 Å². The van der Waals surface area contributed by atoms with Gasteiger partial charge in [-0.15, -0.1) is 0 Å². The standard InChI is InChI=1S/C18H26O3/c1-19-16-10-9-14(18(20-2)11-5-6-12-18)13-17(16)21-15-7-3-4-8-15/h9-10,13,15H,3-8,11-12H2,1-2H3. The van der Waals surface area contributed by atoms with Gasteiger partial charge in [-0.2, -0.15) is 0 Å². The molecule has 1 aromatic carbocycles. The van der Waals surface area contributed by atoms with Gasteiger partial charge in [-0.1, -0.05) is 18.9 Å². The smallest absolute Gasteiger partial charge is 0.161 e. The van der Waals surface area contributed by atoms with E-state index in [9.17, 15) is 0 Å². The van der Waals surface area contributed by atoms with Gasteiger partial charge in [0.05, 0.1) is 18.8 Å². The van der Waals surface area contributed by atoms with Crippen molar-refractivity contribution in [3.05, 3.63) is 23.8 Å². The van der Waals surface area contributed by atoms with Crippen LogP contribution in [0.25, 0.3) is 0 Å². The normalized spacial score (nSPS) is 21.6.